The minimum absolute atomic E-state index is 0.332. The van der Waals surface area contributed by atoms with Crippen LogP contribution in [-0.4, -0.2) is 47.0 Å². The highest BCUT2D eigenvalue weighted by atomic mass is 32.1. The number of hydrogen-bond donors (Lipinski definition) is 2. The van der Waals surface area contributed by atoms with Crippen molar-refractivity contribution in [3.05, 3.63) is 53.4 Å². The van der Waals surface area contributed by atoms with Crippen molar-refractivity contribution < 1.29 is 36.3 Å². The first-order valence-electron chi connectivity index (χ1n) is 8.89. The number of benzene rings is 2. The Morgan fingerprint density at radius 3 is 2.09 bits per heavy atom. The first-order valence-corrected chi connectivity index (χ1v) is 9.30. The van der Waals surface area contributed by atoms with Gasteiger partial charge in [0, 0.05) is 12.7 Å². The number of ether oxygens (including phenoxy) is 1. The number of likely N-dealkylation sites (N-methyl/N-ethyl adjacent to an activating group) is 1. The van der Waals surface area contributed by atoms with Crippen LogP contribution in [0.15, 0.2) is 24.3 Å². The van der Waals surface area contributed by atoms with E-state index in [1.807, 2.05) is 5.43 Å². The summed E-state index contributed by atoms with van der Waals surface area (Å²) >= 11 is 5.02. The van der Waals surface area contributed by atoms with Gasteiger partial charge in [0.1, 0.15) is 17.5 Å². The van der Waals surface area contributed by atoms with E-state index in [1.165, 1.54) is 26.3 Å². The van der Waals surface area contributed by atoms with E-state index in [9.17, 15) is 31.5 Å². The molecule has 1 heterocycles. The van der Waals surface area contributed by atoms with Crippen molar-refractivity contribution in [1.29, 1.82) is 0 Å². The molecule has 32 heavy (non-hydrogen) atoms. The van der Waals surface area contributed by atoms with Crippen molar-refractivity contribution in [3.63, 3.8) is 0 Å². The molecule has 0 unspecified atom stereocenters. The summed E-state index contributed by atoms with van der Waals surface area (Å²) in [6.07, 6.45) is -0.544. The standard InChI is InChI=1S/C19H15F5N4O3S/c1-27-18(30)10(7-11(29)25-8-3-5-9(31-2)6-4-8)28(19(27)32)26-17-15(23)13(21)12(20)14(22)16(17)24/h3-6,10,26H,7H2,1-2H3,(H,25,29)/t10-/m1/s1. The first kappa shape index (κ1) is 23.2. The maximum absolute atomic E-state index is 14.1. The summed E-state index contributed by atoms with van der Waals surface area (Å²) in [5, 5.41) is 2.89. The van der Waals surface area contributed by atoms with E-state index in [2.05, 4.69) is 5.32 Å². The van der Waals surface area contributed by atoms with Crippen LogP contribution in [0.3, 0.4) is 0 Å². The van der Waals surface area contributed by atoms with Gasteiger partial charge in [0.2, 0.25) is 11.7 Å². The number of methoxy groups -OCH3 is 1. The van der Waals surface area contributed by atoms with Crippen LogP contribution in [0, 0.1) is 29.1 Å². The Kier molecular flexibility index (Phi) is 6.48. The Balaban J connectivity index is 1.84. The van der Waals surface area contributed by atoms with Crippen LogP contribution in [0.2, 0.25) is 0 Å². The summed E-state index contributed by atoms with van der Waals surface area (Å²) < 4.78 is 73.5. The van der Waals surface area contributed by atoms with E-state index < -0.39 is 59.1 Å². The van der Waals surface area contributed by atoms with E-state index in [1.54, 1.807) is 12.1 Å². The quantitative estimate of drug-likeness (QED) is 0.290. The smallest absolute Gasteiger partial charge is 0.253 e. The molecule has 2 aromatic carbocycles. The molecule has 0 saturated carbocycles. The van der Waals surface area contributed by atoms with Crippen molar-refractivity contribution in [2.45, 2.75) is 12.5 Å². The van der Waals surface area contributed by atoms with Crippen LogP contribution in [0.4, 0.5) is 33.3 Å². The highest BCUT2D eigenvalue weighted by Crippen LogP contribution is 2.30. The fourth-order valence-corrected chi connectivity index (χ4v) is 3.18. The molecule has 1 aliphatic rings. The Morgan fingerprint density at radius 2 is 1.56 bits per heavy atom. The fraction of sp³-hybridized carbons (Fsp3) is 0.211. The average Bonchev–Trinajstić information content (AvgIpc) is 2.97. The third kappa shape index (κ3) is 4.15. The molecule has 1 saturated heterocycles. The van der Waals surface area contributed by atoms with Gasteiger partial charge in [-0.05, 0) is 36.5 Å². The van der Waals surface area contributed by atoms with Crippen molar-refractivity contribution in [1.82, 2.24) is 9.91 Å². The number of nitrogens with one attached hydrogen (secondary N) is 2. The molecule has 13 heteroatoms. The molecule has 0 spiro atoms. The van der Waals surface area contributed by atoms with E-state index in [4.69, 9.17) is 17.0 Å². The van der Waals surface area contributed by atoms with Crippen LogP contribution in [-0.2, 0) is 9.59 Å². The van der Waals surface area contributed by atoms with Crippen molar-refractivity contribution in [3.8, 4) is 5.75 Å². The Hall–Kier alpha value is -3.48. The van der Waals surface area contributed by atoms with Gasteiger partial charge in [-0.25, -0.2) is 27.0 Å². The molecular formula is C19H15F5N4O3S. The number of hydrogen-bond acceptors (Lipinski definition) is 5. The number of carbonyl (C=O) groups excluding carboxylic acids is 2. The predicted molar refractivity (Wildman–Crippen MR) is 107 cm³/mol. The number of thiocarbonyl (C=S) groups is 1. The lowest BCUT2D eigenvalue weighted by atomic mass is 10.2. The second kappa shape index (κ2) is 8.94. The van der Waals surface area contributed by atoms with Gasteiger partial charge in [0.25, 0.3) is 5.91 Å². The second-order valence-corrected chi connectivity index (χ2v) is 6.97. The molecular weight excluding hydrogens is 459 g/mol. The Labute approximate surface area is 183 Å². The minimum atomic E-state index is -2.34. The summed E-state index contributed by atoms with van der Waals surface area (Å²) in [5.41, 5.74) is 0.930. The van der Waals surface area contributed by atoms with Crippen molar-refractivity contribution in [2.24, 2.45) is 0 Å². The maximum atomic E-state index is 14.1. The molecule has 3 rings (SSSR count). The molecule has 1 atom stereocenters. The Morgan fingerprint density at radius 1 is 1.03 bits per heavy atom. The van der Waals surface area contributed by atoms with Gasteiger partial charge < -0.3 is 10.1 Å². The van der Waals surface area contributed by atoms with E-state index in [0.717, 1.165) is 4.90 Å². The number of nitrogens with zero attached hydrogens (tertiary/aromatic N) is 2. The minimum Gasteiger partial charge on any atom is -0.497 e. The zero-order valence-electron chi connectivity index (χ0n) is 16.5. The number of anilines is 2. The van der Waals surface area contributed by atoms with Crippen molar-refractivity contribution >= 4 is 40.5 Å². The van der Waals surface area contributed by atoms with Gasteiger partial charge in [-0.1, -0.05) is 0 Å². The van der Waals surface area contributed by atoms with Gasteiger partial charge in [-0.3, -0.25) is 19.9 Å². The highest BCUT2D eigenvalue weighted by Gasteiger charge is 2.43. The van der Waals surface area contributed by atoms with Gasteiger partial charge in [-0.2, -0.15) is 0 Å². The van der Waals surface area contributed by atoms with Crippen LogP contribution < -0.4 is 15.5 Å². The monoisotopic (exact) mass is 474 g/mol. The molecule has 2 aromatic rings. The number of halogens is 5. The zero-order valence-corrected chi connectivity index (χ0v) is 17.3. The summed E-state index contributed by atoms with van der Waals surface area (Å²) in [6.45, 7) is 0. The largest absolute Gasteiger partial charge is 0.497 e. The molecule has 0 bridgehead atoms. The number of amides is 2. The number of rotatable bonds is 6. The van der Waals surface area contributed by atoms with E-state index in [-0.39, 0.29) is 5.11 Å². The molecule has 1 aliphatic heterocycles. The highest BCUT2D eigenvalue weighted by molar-refractivity contribution is 7.80. The molecule has 170 valence electrons. The SMILES string of the molecule is COc1ccc(NC(=O)C[C@@H]2C(=O)N(C)C(=S)N2Nc2c(F)c(F)c(F)c(F)c2F)cc1. The first-order chi connectivity index (χ1) is 15.1. The summed E-state index contributed by atoms with van der Waals surface area (Å²) in [4.78, 5) is 25.9. The average molecular weight is 474 g/mol. The third-order valence-electron chi connectivity index (χ3n) is 4.61. The van der Waals surface area contributed by atoms with Crippen LogP contribution >= 0.6 is 12.2 Å². The lowest BCUT2D eigenvalue weighted by Gasteiger charge is -2.25. The molecule has 0 aliphatic carbocycles. The number of hydrazine groups is 1. The molecule has 2 N–H and O–H groups in total. The zero-order chi connectivity index (χ0) is 23.7. The lowest BCUT2D eigenvalue weighted by molar-refractivity contribution is -0.129. The topological polar surface area (TPSA) is 73.9 Å². The summed E-state index contributed by atoms with van der Waals surface area (Å²) in [6, 6.07) is 4.82. The molecule has 2 amide bonds. The van der Waals surface area contributed by atoms with Crippen LogP contribution in [0.1, 0.15) is 6.42 Å². The molecule has 0 radical (unpaired) electrons. The van der Waals surface area contributed by atoms with Gasteiger partial charge in [0.15, 0.2) is 28.4 Å². The predicted octanol–water partition coefficient (Wildman–Crippen LogP) is 3.17. The summed E-state index contributed by atoms with van der Waals surface area (Å²) in [5.74, 6) is -11.8. The third-order valence-corrected chi connectivity index (χ3v) is 5.09. The van der Waals surface area contributed by atoms with E-state index >= 15 is 0 Å². The molecule has 7 nitrogen and oxygen atoms in total. The van der Waals surface area contributed by atoms with Crippen LogP contribution in [0.25, 0.3) is 0 Å². The molecule has 1 fully saturated rings. The maximum Gasteiger partial charge on any atom is 0.253 e. The van der Waals surface area contributed by atoms with Crippen LogP contribution in [0.5, 0.6) is 5.75 Å². The normalized spacial score (nSPS) is 15.9. The van der Waals surface area contributed by atoms with Gasteiger partial charge in [-0.15, -0.1) is 0 Å². The van der Waals surface area contributed by atoms with Gasteiger partial charge in [0.05, 0.1) is 13.5 Å². The molecule has 0 aromatic heterocycles. The summed E-state index contributed by atoms with van der Waals surface area (Å²) in [7, 11) is 2.70. The Bertz CT molecular complexity index is 1070. The lowest BCUT2D eigenvalue weighted by Crippen LogP contribution is -2.42. The number of carbonyl (C=O) groups is 2. The van der Waals surface area contributed by atoms with Crippen molar-refractivity contribution in [2.75, 3.05) is 24.9 Å². The second-order valence-electron chi connectivity index (χ2n) is 6.60. The van der Waals surface area contributed by atoms with Gasteiger partial charge >= 0.3 is 0 Å². The van der Waals surface area contributed by atoms with E-state index in [0.29, 0.717) is 16.4 Å². The fourth-order valence-electron chi connectivity index (χ4n) is 2.91.